The molecule has 0 unspecified atom stereocenters. The minimum atomic E-state index is -0.840. The van der Waals surface area contributed by atoms with E-state index in [2.05, 4.69) is 28.7 Å². The molecule has 6 heteroatoms. The lowest BCUT2D eigenvalue weighted by molar-refractivity contribution is -0.136. The molecule has 0 spiro atoms. The van der Waals surface area contributed by atoms with E-state index in [0.29, 0.717) is 12.4 Å². The van der Waals surface area contributed by atoms with Crippen LogP contribution in [0.5, 0.6) is 5.75 Å². The van der Waals surface area contributed by atoms with Crippen LogP contribution in [0.3, 0.4) is 0 Å². The van der Waals surface area contributed by atoms with Gasteiger partial charge in [0.05, 0.1) is 13.0 Å². The number of aryl methyl sites for hydroxylation is 1. The molecule has 0 aliphatic heterocycles. The van der Waals surface area contributed by atoms with Crippen molar-refractivity contribution in [3.63, 3.8) is 0 Å². The lowest BCUT2D eigenvalue weighted by atomic mass is 10.1. The summed E-state index contributed by atoms with van der Waals surface area (Å²) in [7, 11) is 0. The van der Waals surface area contributed by atoms with Gasteiger partial charge in [-0.15, -0.1) is 0 Å². The monoisotopic (exact) mass is 371 g/mol. The molecule has 0 bridgehead atoms. The van der Waals surface area contributed by atoms with E-state index in [0.717, 1.165) is 55.8 Å². The Labute approximate surface area is 161 Å². The van der Waals surface area contributed by atoms with Gasteiger partial charge in [0, 0.05) is 25.5 Å². The zero-order valence-electron chi connectivity index (χ0n) is 16.2. The molecule has 0 aliphatic carbocycles. The van der Waals surface area contributed by atoms with Gasteiger partial charge in [0.2, 0.25) is 5.95 Å². The van der Waals surface area contributed by atoms with E-state index in [1.54, 1.807) is 12.1 Å². The number of rotatable bonds is 12. The Hall–Kier alpha value is -2.63. The van der Waals surface area contributed by atoms with Crippen LogP contribution in [0.25, 0.3) is 0 Å². The number of hydrogen-bond donors (Lipinski definition) is 1. The van der Waals surface area contributed by atoms with Crippen LogP contribution in [0, 0.1) is 0 Å². The van der Waals surface area contributed by atoms with Crippen LogP contribution >= 0.6 is 0 Å². The fourth-order valence-corrected chi connectivity index (χ4v) is 2.72. The van der Waals surface area contributed by atoms with Crippen molar-refractivity contribution in [3.8, 4) is 5.75 Å². The van der Waals surface area contributed by atoms with Crippen molar-refractivity contribution in [2.24, 2.45) is 0 Å². The van der Waals surface area contributed by atoms with Gasteiger partial charge in [0.25, 0.3) is 0 Å². The highest BCUT2D eigenvalue weighted by Gasteiger charge is 2.09. The summed E-state index contributed by atoms with van der Waals surface area (Å²) in [6, 6.07) is 7.26. The molecule has 0 radical (unpaired) electrons. The first-order valence-electron chi connectivity index (χ1n) is 9.61. The predicted octanol–water partition coefficient (Wildman–Crippen LogP) is 3.74. The number of anilines is 1. The van der Waals surface area contributed by atoms with Gasteiger partial charge in [-0.1, -0.05) is 32.4 Å². The Balaban J connectivity index is 1.86. The number of benzene rings is 1. The summed E-state index contributed by atoms with van der Waals surface area (Å²) in [6.07, 6.45) is 7.79. The smallest absolute Gasteiger partial charge is 0.307 e. The molecule has 0 saturated carbocycles. The van der Waals surface area contributed by atoms with E-state index in [1.165, 1.54) is 0 Å². The van der Waals surface area contributed by atoms with E-state index in [4.69, 9.17) is 9.84 Å². The number of carboxylic acid groups (broad SMARTS) is 1. The molecule has 1 N–H and O–H groups in total. The topological polar surface area (TPSA) is 75.5 Å². The Morgan fingerprint density at radius 2 is 1.85 bits per heavy atom. The van der Waals surface area contributed by atoms with Crippen LogP contribution in [0.1, 0.15) is 44.2 Å². The molecule has 0 saturated heterocycles. The number of nitrogens with zero attached hydrogens (tertiary/aromatic N) is 3. The second kappa shape index (κ2) is 11.2. The summed E-state index contributed by atoms with van der Waals surface area (Å²) in [6.45, 7) is 6.57. The van der Waals surface area contributed by atoms with E-state index in [9.17, 15) is 4.79 Å². The molecule has 2 rings (SSSR count). The molecule has 0 aliphatic rings. The summed E-state index contributed by atoms with van der Waals surface area (Å²) < 4.78 is 5.80. The fourth-order valence-electron chi connectivity index (χ4n) is 2.72. The molecule has 146 valence electrons. The first kappa shape index (κ1) is 20.7. The lowest BCUT2D eigenvalue weighted by Crippen LogP contribution is -2.28. The predicted molar refractivity (Wildman–Crippen MR) is 106 cm³/mol. The molecule has 6 nitrogen and oxygen atoms in total. The first-order valence-corrected chi connectivity index (χ1v) is 9.61. The molecule has 2 aromatic rings. The van der Waals surface area contributed by atoms with Crippen LogP contribution in [-0.4, -0.2) is 40.7 Å². The summed E-state index contributed by atoms with van der Waals surface area (Å²) in [4.78, 5) is 22.0. The maximum Gasteiger partial charge on any atom is 0.307 e. The van der Waals surface area contributed by atoms with Gasteiger partial charge in [-0.3, -0.25) is 4.79 Å². The summed E-state index contributed by atoms with van der Waals surface area (Å²) in [5.41, 5.74) is 1.88. The lowest BCUT2D eigenvalue weighted by Gasteiger charge is -2.22. The van der Waals surface area contributed by atoms with E-state index in [1.807, 2.05) is 24.5 Å². The Morgan fingerprint density at radius 3 is 2.52 bits per heavy atom. The minimum Gasteiger partial charge on any atom is -0.494 e. The van der Waals surface area contributed by atoms with Crippen LogP contribution < -0.4 is 9.64 Å². The number of aromatic nitrogens is 2. The van der Waals surface area contributed by atoms with Gasteiger partial charge >= 0.3 is 5.97 Å². The van der Waals surface area contributed by atoms with Gasteiger partial charge < -0.3 is 14.7 Å². The summed E-state index contributed by atoms with van der Waals surface area (Å²) in [5, 5.41) is 8.89. The molecule has 1 aromatic heterocycles. The second-order valence-electron chi connectivity index (χ2n) is 6.51. The first-order chi connectivity index (χ1) is 13.1. The normalized spacial score (nSPS) is 10.6. The third-order valence-corrected chi connectivity index (χ3v) is 4.26. The largest absolute Gasteiger partial charge is 0.494 e. The molecular formula is C21H29N3O3. The van der Waals surface area contributed by atoms with Crippen LogP contribution in [0.4, 0.5) is 5.95 Å². The third-order valence-electron chi connectivity index (χ3n) is 4.26. The zero-order chi connectivity index (χ0) is 19.5. The third kappa shape index (κ3) is 7.25. The number of hydrogen-bond acceptors (Lipinski definition) is 5. The zero-order valence-corrected chi connectivity index (χ0v) is 16.2. The van der Waals surface area contributed by atoms with Gasteiger partial charge in [0.15, 0.2) is 0 Å². The molecule has 27 heavy (non-hydrogen) atoms. The molecule has 0 amide bonds. The fraction of sp³-hybridized carbons (Fsp3) is 0.476. The van der Waals surface area contributed by atoms with Gasteiger partial charge in [-0.2, -0.15) is 0 Å². The van der Waals surface area contributed by atoms with Crippen molar-refractivity contribution in [1.29, 1.82) is 0 Å². The van der Waals surface area contributed by atoms with Crippen molar-refractivity contribution >= 4 is 11.9 Å². The minimum absolute atomic E-state index is 0.00703. The maximum atomic E-state index is 10.8. The van der Waals surface area contributed by atoms with Crippen molar-refractivity contribution in [2.45, 2.75) is 46.0 Å². The van der Waals surface area contributed by atoms with Crippen LogP contribution in [-0.2, 0) is 17.6 Å². The average Bonchev–Trinajstić information content (AvgIpc) is 2.67. The quantitative estimate of drug-likeness (QED) is 0.573. The molecule has 0 atom stereocenters. The highest BCUT2D eigenvalue weighted by atomic mass is 16.5. The van der Waals surface area contributed by atoms with Gasteiger partial charge in [0.1, 0.15) is 5.75 Å². The van der Waals surface area contributed by atoms with Gasteiger partial charge in [-0.05, 0) is 42.5 Å². The van der Waals surface area contributed by atoms with Crippen LogP contribution in [0.2, 0.25) is 0 Å². The number of carbonyl (C=O) groups is 1. The van der Waals surface area contributed by atoms with E-state index < -0.39 is 5.97 Å². The highest BCUT2D eigenvalue weighted by Crippen LogP contribution is 2.15. The van der Waals surface area contributed by atoms with Crippen molar-refractivity contribution < 1.29 is 14.6 Å². The Bertz CT molecular complexity index is 704. The van der Waals surface area contributed by atoms with E-state index in [-0.39, 0.29) is 6.42 Å². The average molecular weight is 371 g/mol. The number of aliphatic carboxylic acids is 1. The number of ether oxygens (including phenoxy) is 1. The Morgan fingerprint density at radius 1 is 1.11 bits per heavy atom. The summed E-state index contributed by atoms with van der Waals surface area (Å²) >= 11 is 0. The second-order valence-corrected chi connectivity index (χ2v) is 6.51. The molecule has 0 fully saturated rings. The van der Waals surface area contributed by atoms with Gasteiger partial charge in [-0.25, -0.2) is 9.97 Å². The Kier molecular flexibility index (Phi) is 8.55. The molecular weight excluding hydrogens is 342 g/mol. The standard InChI is InChI=1S/C21H29N3O3/c1-3-5-10-24(21-22-15-17(4-2)16-23-21)11-7-12-27-19-9-6-8-18(13-19)14-20(25)26/h6,8-9,13,15-16H,3-5,7,10-12,14H2,1-2H3,(H,25,26). The summed E-state index contributed by atoms with van der Waals surface area (Å²) in [5.74, 6) is 0.634. The number of carboxylic acids is 1. The number of unbranched alkanes of at least 4 members (excludes halogenated alkanes) is 1. The maximum absolute atomic E-state index is 10.8. The van der Waals surface area contributed by atoms with Crippen LogP contribution in [0.15, 0.2) is 36.7 Å². The molecule has 1 aromatic carbocycles. The highest BCUT2D eigenvalue weighted by molar-refractivity contribution is 5.70. The van der Waals surface area contributed by atoms with Crippen molar-refractivity contribution in [3.05, 3.63) is 47.8 Å². The molecule has 1 heterocycles. The van der Waals surface area contributed by atoms with Crippen molar-refractivity contribution in [1.82, 2.24) is 9.97 Å². The SMILES string of the molecule is CCCCN(CCCOc1cccc(CC(=O)O)c1)c1ncc(CC)cn1. The van der Waals surface area contributed by atoms with E-state index >= 15 is 0 Å². The van der Waals surface area contributed by atoms with Crippen molar-refractivity contribution in [2.75, 3.05) is 24.6 Å².